The topological polar surface area (TPSA) is 49.4 Å². The lowest BCUT2D eigenvalue weighted by atomic mass is 9.88. The summed E-state index contributed by atoms with van der Waals surface area (Å²) in [6, 6.07) is 0. The Labute approximate surface area is 122 Å². The number of hydrogen-bond acceptors (Lipinski definition) is 2. The van der Waals surface area contributed by atoms with Crippen molar-refractivity contribution in [3.8, 4) is 0 Å². The first-order valence-electron chi connectivity index (χ1n) is 8.22. The second-order valence-electron chi connectivity index (χ2n) is 6.34. The number of carbonyl (C=O) groups excluding carboxylic acids is 2. The van der Waals surface area contributed by atoms with Crippen LogP contribution in [0.4, 0.5) is 0 Å². The van der Waals surface area contributed by atoms with Crippen molar-refractivity contribution in [2.24, 2.45) is 5.92 Å². The van der Waals surface area contributed by atoms with Gasteiger partial charge in [-0.25, -0.2) is 0 Å². The fourth-order valence-electron chi connectivity index (χ4n) is 3.69. The molecule has 1 saturated carbocycles. The summed E-state index contributed by atoms with van der Waals surface area (Å²) in [5, 5.41) is 2.80. The van der Waals surface area contributed by atoms with Crippen molar-refractivity contribution >= 4 is 11.8 Å². The van der Waals surface area contributed by atoms with E-state index in [0.717, 1.165) is 45.1 Å². The van der Waals surface area contributed by atoms with E-state index in [2.05, 4.69) is 19.2 Å². The normalized spacial score (nSPS) is 23.2. The van der Waals surface area contributed by atoms with Gasteiger partial charge in [-0.1, -0.05) is 46.0 Å². The van der Waals surface area contributed by atoms with E-state index in [1.165, 1.54) is 12.8 Å². The summed E-state index contributed by atoms with van der Waals surface area (Å²) in [5.41, 5.74) is -0.519. The highest BCUT2D eigenvalue weighted by Crippen LogP contribution is 2.38. The number of carbonyl (C=O) groups is 2. The number of nitrogens with one attached hydrogen (secondary N) is 1. The first-order valence-corrected chi connectivity index (χ1v) is 8.22. The van der Waals surface area contributed by atoms with Gasteiger partial charge in [0.1, 0.15) is 5.54 Å². The van der Waals surface area contributed by atoms with Crippen molar-refractivity contribution in [1.29, 1.82) is 0 Å². The predicted molar refractivity (Wildman–Crippen MR) is 79.2 cm³/mol. The summed E-state index contributed by atoms with van der Waals surface area (Å²) < 4.78 is 0. The third kappa shape index (κ3) is 2.84. The molecule has 0 aromatic carbocycles. The summed E-state index contributed by atoms with van der Waals surface area (Å²) in [6.07, 6.45) is 8.45. The number of piperazine rings is 1. The molecule has 4 nitrogen and oxygen atoms in total. The zero-order valence-electron chi connectivity index (χ0n) is 12.9. The van der Waals surface area contributed by atoms with Crippen LogP contribution in [0.5, 0.6) is 0 Å². The molecule has 0 radical (unpaired) electrons. The van der Waals surface area contributed by atoms with E-state index in [1.807, 2.05) is 4.90 Å². The Bertz CT molecular complexity index is 361. The zero-order chi connectivity index (χ0) is 14.6. The first kappa shape index (κ1) is 15.3. The monoisotopic (exact) mass is 280 g/mol. The molecule has 1 aliphatic carbocycles. The third-order valence-electron chi connectivity index (χ3n) is 5.06. The number of amides is 2. The van der Waals surface area contributed by atoms with Crippen LogP contribution >= 0.6 is 0 Å². The van der Waals surface area contributed by atoms with Gasteiger partial charge < -0.3 is 10.2 Å². The predicted octanol–water partition coefficient (Wildman–Crippen LogP) is 2.47. The quantitative estimate of drug-likeness (QED) is 0.812. The van der Waals surface area contributed by atoms with Crippen molar-refractivity contribution in [2.75, 3.05) is 13.1 Å². The highest BCUT2D eigenvalue weighted by Gasteiger charge is 2.50. The second kappa shape index (κ2) is 6.59. The van der Waals surface area contributed by atoms with E-state index in [-0.39, 0.29) is 18.4 Å². The number of nitrogens with zero attached hydrogens (tertiary/aromatic N) is 1. The minimum Gasteiger partial charge on any atom is -0.345 e. The van der Waals surface area contributed by atoms with Gasteiger partial charge in [0.2, 0.25) is 11.8 Å². The standard InChI is InChI=1S/C16H28N2O2/c1-3-5-8-13(4-2)12-18-14(19)11-17-15(20)16(18)9-6-7-10-16/h13H,3-12H2,1-2H3,(H,17,20). The molecule has 1 atom stereocenters. The number of hydrogen-bond donors (Lipinski definition) is 1. The van der Waals surface area contributed by atoms with Gasteiger partial charge in [0, 0.05) is 6.54 Å². The van der Waals surface area contributed by atoms with Crippen LogP contribution in [0.1, 0.15) is 65.2 Å². The molecule has 1 N–H and O–H groups in total. The molecule has 1 saturated heterocycles. The van der Waals surface area contributed by atoms with Crippen molar-refractivity contribution in [2.45, 2.75) is 70.8 Å². The summed E-state index contributed by atoms with van der Waals surface area (Å²) in [6.45, 7) is 5.34. The number of rotatable bonds is 6. The Kier molecular flexibility index (Phi) is 5.06. The maximum Gasteiger partial charge on any atom is 0.246 e. The molecule has 2 amide bonds. The van der Waals surface area contributed by atoms with Crippen molar-refractivity contribution in [3.05, 3.63) is 0 Å². The average Bonchev–Trinajstić information content (AvgIpc) is 2.93. The molecular formula is C16H28N2O2. The molecule has 0 aromatic heterocycles. The molecule has 1 unspecified atom stereocenters. The van der Waals surface area contributed by atoms with Crippen molar-refractivity contribution in [3.63, 3.8) is 0 Å². The molecule has 114 valence electrons. The Hall–Kier alpha value is -1.06. The van der Waals surface area contributed by atoms with Crippen LogP contribution in [0.25, 0.3) is 0 Å². The molecule has 0 aromatic rings. The van der Waals surface area contributed by atoms with Gasteiger partial charge in [0.05, 0.1) is 6.54 Å². The Balaban J connectivity index is 2.12. The van der Waals surface area contributed by atoms with E-state index in [1.54, 1.807) is 0 Å². The molecule has 2 rings (SSSR count). The summed E-state index contributed by atoms with van der Waals surface area (Å²) in [7, 11) is 0. The van der Waals surface area contributed by atoms with Crippen LogP contribution in [0.3, 0.4) is 0 Å². The lowest BCUT2D eigenvalue weighted by Crippen LogP contribution is -2.66. The minimum atomic E-state index is -0.519. The van der Waals surface area contributed by atoms with Gasteiger partial charge in [0.15, 0.2) is 0 Å². The molecule has 20 heavy (non-hydrogen) atoms. The summed E-state index contributed by atoms with van der Waals surface area (Å²) in [5.74, 6) is 0.726. The maximum atomic E-state index is 12.4. The minimum absolute atomic E-state index is 0.0833. The summed E-state index contributed by atoms with van der Waals surface area (Å²) in [4.78, 5) is 26.6. The van der Waals surface area contributed by atoms with Crippen molar-refractivity contribution < 1.29 is 9.59 Å². The smallest absolute Gasteiger partial charge is 0.246 e. The third-order valence-corrected chi connectivity index (χ3v) is 5.06. The van der Waals surface area contributed by atoms with Crippen LogP contribution in [0.2, 0.25) is 0 Å². The van der Waals surface area contributed by atoms with Crippen LogP contribution in [0.15, 0.2) is 0 Å². The highest BCUT2D eigenvalue weighted by molar-refractivity contribution is 5.98. The Morgan fingerprint density at radius 1 is 1.25 bits per heavy atom. The Morgan fingerprint density at radius 2 is 1.95 bits per heavy atom. The van der Waals surface area contributed by atoms with Gasteiger partial charge in [0.25, 0.3) is 0 Å². The van der Waals surface area contributed by atoms with Gasteiger partial charge in [-0.2, -0.15) is 0 Å². The van der Waals surface area contributed by atoms with E-state index in [4.69, 9.17) is 0 Å². The van der Waals surface area contributed by atoms with Crippen LogP contribution in [0, 0.1) is 5.92 Å². The first-order chi connectivity index (χ1) is 9.64. The molecule has 1 heterocycles. The maximum absolute atomic E-state index is 12.4. The SMILES string of the molecule is CCCCC(CC)CN1C(=O)CNC(=O)C12CCCC2. The van der Waals surface area contributed by atoms with Gasteiger partial charge in [-0.15, -0.1) is 0 Å². The van der Waals surface area contributed by atoms with Crippen LogP contribution in [-0.4, -0.2) is 35.3 Å². The lowest BCUT2D eigenvalue weighted by molar-refractivity contribution is -0.154. The molecular weight excluding hydrogens is 252 g/mol. The Morgan fingerprint density at radius 3 is 2.55 bits per heavy atom. The molecule has 1 spiro atoms. The van der Waals surface area contributed by atoms with E-state index < -0.39 is 5.54 Å². The number of unbranched alkanes of at least 4 members (excludes halogenated alkanes) is 1. The molecule has 0 bridgehead atoms. The lowest BCUT2D eigenvalue weighted by Gasteiger charge is -2.45. The fourth-order valence-corrected chi connectivity index (χ4v) is 3.69. The molecule has 4 heteroatoms. The van der Waals surface area contributed by atoms with Crippen LogP contribution in [-0.2, 0) is 9.59 Å². The van der Waals surface area contributed by atoms with Gasteiger partial charge in [-0.05, 0) is 25.2 Å². The molecule has 2 fully saturated rings. The van der Waals surface area contributed by atoms with Crippen LogP contribution < -0.4 is 5.32 Å². The zero-order valence-corrected chi connectivity index (χ0v) is 12.9. The fraction of sp³-hybridized carbons (Fsp3) is 0.875. The molecule has 2 aliphatic rings. The second-order valence-corrected chi connectivity index (χ2v) is 6.34. The average molecular weight is 280 g/mol. The van der Waals surface area contributed by atoms with E-state index in [9.17, 15) is 9.59 Å². The van der Waals surface area contributed by atoms with E-state index >= 15 is 0 Å². The van der Waals surface area contributed by atoms with E-state index in [0.29, 0.717) is 5.92 Å². The van der Waals surface area contributed by atoms with Gasteiger partial charge in [-0.3, -0.25) is 9.59 Å². The van der Waals surface area contributed by atoms with Gasteiger partial charge >= 0.3 is 0 Å². The van der Waals surface area contributed by atoms with Crippen molar-refractivity contribution in [1.82, 2.24) is 10.2 Å². The highest BCUT2D eigenvalue weighted by atomic mass is 16.2. The largest absolute Gasteiger partial charge is 0.345 e. The summed E-state index contributed by atoms with van der Waals surface area (Å²) >= 11 is 0. The molecule has 1 aliphatic heterocycles.